The Hall–Kier alpha value is -0.940. The maximum absolute atomic E-state index is 13.0. The molecule has 0 spiro atoms. The number of hydroxylamine groups is 2. The summed E-state index contributed by atoms with van der Waals surface area (Å²) in [6.07, 6.45) is 0.818. The van der Waals surface area contributed by atoms with Gasteiger partial charge in [0.1, 0.15) is 5.82 Å². The van der Waals surface area contributed by atoms with Crippen LogP contribution >= 0.6 is 15.9 Å². The minimum Gasteiger partial charge on any atom is -0.271 e. The number of carbonyl (C=O) groups excluding carboxylic acids is 1. The van der Waals surface area contributed by atoms with Crippen LogP contribution in [0, 0.1) is 5.82 Å². The van der Waals surface area contributed by atoms with E-state index in [2.05, 4.69) is 15.9 Å². The van der Waals surface area contributed by atoms with Gasteiger partial charge in [-0.1, -0.05) is 0 Å². The Bertz CT molecular complexity index is 391. The highest BCUT2D eigenvalue weighted by Gasteiger charge is 2.22. The van der Waals surface area contributed by atoms with Crippen LogP contribution in [0.25, 0.3) is 0 Å². The molecule has 0 unspecified atom stereocenters. The Balaban J connectivity index is 2.27. The molecule has 3 nitrogen and oxygen atoms in total. The Labute approximate surface area is 94.9 Å². The summed E-state index contributed by atoms with van der Waals surface area (Å²) in [5.41, 5.74) is 0.289. The zero-order valence-electron chi connectivity index (χ0n) is 7.87. The second kappa shape index (κ2) is 4.28. The Kier molecular flexibility index (Phi) is 3.02. The minimum atomic E-state index is -0.430. The fraction of sp³-hybridized carbons (Fsp3) is 0.300. The van der Waals surface area contributed by atoms with E-state index in [1.807, 2.05) is 0 Å². The summed E-state index contributed by atoms with van der Waals surface area (Å²) in [6.45, 7) is 1.10. The van der Waals surface area contributed by atoms with E-state index in [0.29, 0.717) is 17.6 Å². The Morgan fingerprint density at radius 3 is 3.00 bits per heavy atom. The van der Waals surface area contributed by atoms with E-state index < -0.39 is 5.82 Å². The standard InChI is InChI=1S/C10H9BrFNO2/c11-9-3-2-7(12)6-8(9)10(14)13-4-1-5-15-13/h2-3,6H,1,4-5H2. The molecule has 1 fully saturated rings. The van der Waals surface area contributed by atoms with Crippen LogP contribution in [0.1, 0.15) is 16.8 Å². The van der Waals surface area contributed by atoms with Crippen molar-refractivity contribution in [2.75, 3.05) is 13.2 Å². The highest BCUT2D eigenvalue weighted by molar-refractivity contribution is 9.10. The van der Waals surface area contributed by atoms with Crippen molar-refractivity contribution in [3.05, 3.63) is 34.1 Å². The summed E-state index contributed by atoms with van der Waals surface area (Å²) in [4.78, 5) is 16.9. The predicted octanol–water partition coefficient (Wildman–Crippen LogP) is 2.37. The van der Waals surface area contributed by atoms with Gasteiger partial charge in [0.25, 0.3) is 5.91 Å². The monoisotopic (exact) mass is 273 g/mol. The molecular formula is C10H9BrFNO2. The molecule has 0 aliphatic carbocycles. The fourth-order valence-electron chi connectivity index (χ4n) is 1.40. The second-order valence-electron chi connectivity index (χ2n) is 3.22. The van der Waals surface area contributed by atoms with Gasteiger partial charge in [0, 0.05) is 4.47 Å². The van der Waals surface area contributed by atoms with Crippen molar-refractivity contribution < 1.29 is 14.0 Å². The number of carbonyl (C=O) groups is 1. The number of hydrogen-bond donors (Lipinski definition) is 0. The third-order valence-electron chi connectivity index (χ3n) is 2.14. The van der Waals surface area contributed by atoms with Gasteiger partial charge in [0.2, 0.25) is 0 Å². The quantitative estimate of drug-likeness (QED) is 0.786. The molecule has 0 aromatic heterocycles. The van der Waals surface area contributed by atoms with Crippen LogP contribution in [-0.4, -0.2) is 24.1 Å². The third-order valence-corrected chi connectivity index (χ3v) is 2.83. The molecular weight excluding hydrogens is 265 g/mol. The van der Waals surface area contributed by atoms with Crippen LogP contribution in [0.2, 0.25) is 0 Å². The number of nitrogens with zero attached hydrogens (tertiary/aromatic N) is 1. The van der Waals surface area contributed by atoms with Gasteiger partial charge >= 0.3 is 0 Å². The van der Waals surface area contributed by atoms with Crippen molar-refractivity contribution in [3.8, 4) is 0 Å². The zero-order valence-corrected chi connectivity index (χ0v) is 9.46. The van der Waals surface area contributed by atoms with Gasteiger partial charge in [0.15, 0.2) is 0 Å². The van der Waals surface area contributed by atoms with Crippen molar-refractivity contribution >= 4 is 21.8 Å². The molecule has 1 aromatic carbocycles. The van der Waals surface area contributed by atoms with E-state index in [4.69, 9.17) is 4.84 Å². The third kappa shape index (κ3) is 2.18. The van der Waals surface area contributed by atoms with E-state index in [9.17, 15) is 9.18 Å². The molecule has 1 amide bonds. The molecule has 15 heavy (non-hydrogen) atoms. The molecule has 1 heterocycles. The van der Waals surface area contributed by atoms with Crippen LogP contribution in [0.4, 0.5) is 4.39 Å². The Morgan fingerprint density at radius 1 is 1.53 bits per heavy atom. The van der Waals surface area contributed by atoms with Crippen molar-refractivity contribution in [1.82, 2.24) is 5.06 Å². The molecule has 0 saturated carbocycles. The first kappa shape index (κ1) is 10.6. The van der Waals surface area contributed by atoms with Crippen LogP contribution in [0.5, 0.6) is 0 Å². The minimum absolute atomic E-state index is 0.289. The first-order chi connectivity index (χ1) is 7.18. The predicted molar refractivity (Wildman–Crippen MR) is 55.7 cm³/mol. The summed E-state index contributed by atoms with van der Waals surface area (Å²) >= 11 is 3.21. The molecule has 1 aliphatic rings. The molecule has 2 rings (SSSR count). The van der Waals surface area contributed by atoms with Gasteiger partial charge in [-0.3, -0.25) is 9.63 Å². The Morgan fingerprint density at radius 2 is 2.33 bits per heavy atom. The maximum atomic E-state index is 13.0. The van der Waals surface area contributed by atoms with Gasteiger partial charge in [-0.2, -0.15) is 0 Å². The summed E-state index contributed by atoms with van der Waals surface area (Å²) in [5.74, 6) is -0.736. The smallest absolute Gasteiger partial charge is 0.271 e. The van der Waals surface area contributed by atoms with E-state index in [-0.39, 0.29) is 11.5 Å². The molecule has 1 aliphatic heterocycles. The summed E-state index contributed by atoms with van der Waals surface area (Å²) in [5, 5.41) is 1.26. The van der Waals surface area contributed by atoms with Crippen molar-refractivity contribution in [1.29, 1.82) is 0 Å². The van der Waals surface area contributed by atoms with Crippen LogP contribution in [-0.2, 0) is 4.84 Å². The fourth-order valence-corrected chi connectivity index (χ4v) is 1.82. The lowest BCUT2D eigenvalue weighted by atomic mass is 10.2. The normalized spacial score (nSPS) is 15.7. The molecule has 80 valence electrons. The molecule has 5 heteroatoms. The van der Waals surface area contributed by atoms with E-state index in [1.54, 1.807) is 0 Å². The highest BCUT2D eigenvalue weighted by Crippen LogP contribution is 2.21. The summed E-state index contributed by atoms with van der Waals surface area (Å²) in [6, 6.07) is 4.01. The first-order valence-corrected chi connectivity index (χ1v) is 5.37. The SMILES string of the molecule is O=C(c1cc(F)ccc1Br)N1CCCO1. The van der Waals surface area contributed by atoms with Gasteiger partial charge in [0.05, 0.1) is 18.7 Å². The van der Waals surface area contributed by atoms with E-state index in [1.165, 1.54) is 23.3 Å². The number of benzene rings is 1. The van der Waals surface area contributed by atoms with Gasteiger partial charge in [-0.25, -0.2) is 9.45 Å². The zero-order chi connectivity index (χ0) is 10.8. The number of halogens is 2. The van der Waals surface area contributed by atoms with Crippen molar-refractivity contribution in [2.24, 2.45) is 0 Å². The van der Waals surface area contributed by atoms with Crippen molar-refractivity contribution in [3.63, 3.8) is 0 Å². The highest BCUT2D eigenvalue weighted by atomic mass is 79.9. The average Bonchev–Trinajstić information content (AvgIpc) is 2.74. The molecule has 0 bridgehead atoms. The summed E-state index contributed by atoms with van der Waals surface area (Å²) < 4.78 is 13.5. The molecule has 0 N–H and O–H groups in total. The lowest BCUT2D eigenvalue weighted by molar-refractivity contribution is -0.0769. The largest absolute Gasteiger partial charge is 0.278 e. The molecule has 0 atom stereocenters. The van der Waals surface area contributed by atoms with Crippen molar-refractivity contribution in [2.45, 2.75) is 6.42 Å². The lowest BCUT2D eigenvalue weighted by Crippen LogP contribution is -2.26. The molecule has 1 aromatic rings. The van der Waals surface area contributed by atoms with Crippen LogP contribution in [0.15, 0.2) is 22.7 Å². The number of rotatable bonds is 1. The maximum Gasteiger partial charge on any atom is 0.278 e. The first-order valence-electron chi connectivity index (χ1n) is 4.58. The lowest BCUT2D eigenvalue weighted by Gasteiger charge is -2.14. The molecule has 0 radical (unpaired) electrons. The van der Waals surface area contributed by atoms with Gasteiger partial charge in [-0.15, -0.1) is 0 Å². The average molecular weight is 274 g/mol. The second-order valence-corrected chi connectivity index (χ2v) is 4.07. The number of amides is 1. The number of hydrogen-bond acceptors (Lipinski definition) is 2. The van der Waals surface area contributed by atoms with Gasteiger partial charge in [-0.05, 0) is 40.5 Å². The van der Waals surface area contributed by atoms with E-state index in [0.717, 1.165) is 6.42 Å². The topological polar surface area (TPSA) is 29.5 Å². The molecule has 1 saturated heterocycles. The van der Waals surface area contributed by atoms with Crippen LogP contribution in [0.3, 0.4) is 0 Å². The van der Waals surface area contributed by atoms with Gasteiger partial charge < -0.3 is 0 Å². The summed E-state index contributed by atoms with van der Waals surface area (Å²) in [7, 11) is 0. The van der Waals surface area contributed by atoms with E-state index >= 15 is 0 Å². The van der Waals surface area contributed by atoms with Crippen LogP contribution < -0.4 is 0 Å².